The molecule has 0 rings (SSSR count). The fourth-order valence-electron chi connectivity index (χ4n) is 0.471. The Balaban J connectivity index is 3.14. The van der Waals surface area contributed by atoms with E-state index < -0.39 is 0 Å². The summed E-state index contributed by atoms with van der Waals surface area (Å²) in [6.07, 6.45) is 1.21. The van der Waals surface area contributed by atoms with Gasteiger partial charge in [0.2, 0.25) is 0 Å². The van der Waals surface area contributed by atoms with Crippen LogP contribution >= 0.6 is 0 Å². The molecule has 0 spiro atoms. The van der Waals surface area contributed by atoms with Crippen LogP contribution in [0, 0.1) is 18.8 Å². The zero-order chi connectivity index (χ0) is 5.86. The van der Waals surface area contributed by atoms with E-state index in [0.29, 0.717) is 5.92 Å². The van der Waals surface area contributed by atoms with E-state index in [2.05, 4.69) is 27.7 Å². The van der Waals surface area contributed by atoms with Gasteiger partial charge in [-0.2, -0.15) is 0 Å². The monoisotopic (exact) mass is 99.1 g/mol. The molecular formula is C7H15. The Morgan fingerprint density at radius 2 is 1.86 bits per heavy atom. The molecule has 0 saturated heterocycles. The summed E-state index contributed by atoms with van der Waals surface area (Å²) in [6.45, 7) is 10.6. The van der Waals surface area contributed by atoms with Crippen LogP contribution in [0.1, 0.15) is 27.2 Å². The van der Waals surface area contributed by atoms with Crippen molar-refractivity contribution in [3.63, 3.8) is 0 Å². The zero-order valence-corrected chi connectivity index (χ0v) is 5.57. The Hall–Kier alpha value is 0. The topological polar surface area (TPSA) is 0 Å². The van der Waals surface area contributed by atoms with Crippen LogP contribution in [0.2, 0.25) is 0 Å². The third-order valence-corrected chi connectivity index (χ3v) is 1.47. The van der Waals surface area contributed by atoms with Crippen molar-refractivity contribution in [2.24, 2.45) is 11.8 Å². The van der Waals surface area contributed by atoms with Crippen LogP contribution in [0.25, 0.3) is 0 Å². The highest BCUT2D eigenvalue weighted by atomic mass is 14.1. The molecule has 0 bridgehead atoms. The van der Waals surface area contributed by atoms with Gasteiger partial charge < -0.3 is 0 Å². The van der Waals surface area contributed by atoms with E-state index in [1.807, 2.05) is 0 Å². The maximum absolute atomic E-state index is 3.96. The summed E-state index contributed by atoms with van der Waals surface area (Å²) in [7, 11) is 0. The first kappa shape index (κ1) is 7.00. The lowest BCUT2D eigenvalue weighted by molar-refractivity contribution is 0.449. The molecule has 0 aromatic rings. The van der Waals surface area contributed by atoms with Crippen molar-refractivity contribution in [2.75, 3.05) is 0 Å². The van der Waals surface area contributed by atoms with Crippen molar-refractivity contribution in [2.45, 2.75) is 27.2 Å². The van der Waals surface area contributed by atoms with Crippen molar-refractivity contribution >= 4 is 0 Å². The standard InChI is InChI=1S/C7H15/c1-5-7(4)6(2)3/h6-7H,4-5H2,1-3H3/t7-/m1/s1. The van der Waals surface area contributed by atoms with Gasteiger partial charge >= 0.3 is 0 Å². The van der Waals surface area contributed by atoms with Gasteiger partial charge in [-0.15, -0.1) is 0 Å². The smallest absolute Gasteiger partial charge is 0.0394 e. The van der Waals surface area contributed by atoms with Gasteiger partial charge in [0, 0.05) is 0 Å². The van der Waals surface area contributed by atoms with Crippen LogP contribution in [0.4, 0.5) is 0 Å². The molecule has 0 aromatic heterocycles. The summed E-state index contributed by atoms with van der Waals surface area (Å²) < 4.78 is 0. The molecule has 0 nitrogen and oxygen atoms in total. The Labute approximate surface area is 46.9 Å². The molecule has 0 aliphatic heterocycles. The van der Waals surface area contributed by atoms with Crippen molar-refractivity contribution in [1.82, 2.24) is 0 Å². The molecule has 1 atom stereocenters. The lowest BCUT2D eigenvalue weighted by atomic mass is 9.96. The van der Waals surface area contributed by atoms with Gasteiger partial charge in [-0.1, -0.05) is 27.2 Å². The summed E-state index contributed by atoms with van der Waals surface area (Å²) in [4.78, 5) is 0. The number of hydrogen-bond donors (Lipinski definition) is 0. The summed E-state index contributed by atoms with van der Waals surface area (Å²) in [5.41, 5.74) is 0. The molecule has 0 saturated carbocycles. The van der Waals surface area contributed by atoms with Crippen molar-refractivity contribution < 1.29 is 0 Å². The molecule has 0 heteroatoms. The Bertz CT molecular complexity index is 37.3. The lowest BCUT2D eigenvalue weighted by Crippen LogP contribution is -2.00. The van der Waals surface area contributed by atoms with E-state index in [4.69, 9.17) is 0 Å². The number of rotatable bonds is 2. The Morgan fingerprint density at radius 3 is 1.86 bits per heavy atom. The van der Waals surface area contributed by atoms with Gasteiger partial charge in [-0.3, -0.25) is 0 Å². The lowest BCUT2D eigenvalue weighted by Gasteiger charge is -2.10. The first-order valence-electron chi connectivity index (χ1n) is 3.01. The first-order valence-corrected chi connectivity index (χ1v) is 3.01. The molecule has 7 heavy (non-hydrogen) atoms. The molecular weight excluding hydrogens is 84.1 g/mol. The highest BCUT2D eigenvalue weighted by Gasteiger charge is 2.01. The summed E-state index contributed by atoms with van der Waals surface area (Å²) in [5, 5.41) is 0. The molecule has 0 aromatic carbocycles. The van der Waals surface area contributed by atoms with E-state index in [9.17, 15) is 0 Å². The van der Waals surface area contributed by atoms with Gasteiger partial charge in [0.1, 0.15) is 0 Å². The van der Waals surface area contributed by atoms with Crippen LogP contribution < -0.4 is 0 Å². The van der Waals surface area contributed by atoms with Gasteiger partial charge in [0.05, 0.1) is 0 Å². The van der Waals surface area contributed by atoms with Crippen LogP contribution in [-0.4, -0.2) is 0 Å². The first-order chi connectivity index (χ1) is 3.18. The largest absolute Gasteiger partial charge is 0.0651 e. The van der Waals surface area contributed by atoms with Crippen LogP contribution in [0.5, 0.6) is 0 Å². The molecule has 1 radical (unpaired) electrons. The second kappa shape index (κ2) is 3.06. The quantitative estimate of drug-likeness (QED) is 0.499. The Morgan fingerprint density at radius 1 is 1.43 bits per heavy atom. The van der Waals surface area contributed by atoms with Gasteiger partial charge in [-0.25, -0.2) is 0 Å². The summed E-state index contributed by atoms with van der Waals surface area (Å²) >= 11 is 0. The van der Waals surface area contributed by atoms with Crippen molar-refractivity contribution in [1.29, 1.82) is 0 Å². The molecule has 0 unspecified atom stereocenters. The van der Waals surface area contributed by atoms with E-state index in [-0.39, 0.29) is 0 Å². The second-order valence-electron chi connectivity index (χ2n) is 2.41. The predicted molar refractivity (Wildman–Crippen MR) is 34.0 cm³/mol. The van der Waals surface area contributed by atoms with Crippen LogP contribution in [0.15, 0.2) is 0 Å². The van der Waals surface area contributed by atoms with E-state index >= 15 is 0 Å². The highest BCUT2D eigenvalue weighted by Crippen LogP contribution is 2.11. The number of hydrogen-bond acceptors (Lipinski definition) is 0. The zero-order valence-electron chi connectivity index (χ0n) is 5.57. The normalized spacial score (nSPS) is 15.0. The average Bonchev–Trinajstić information content (AvgIpc) is 1.65. The fraction of sp³-hybridized carbons (Fsp3) is 0.857. The van der Waals surface area contributed by atoms with Crippen molar-refractivity contribution in [3.05, 3.63) is 6.92 Å². The minimum Gasteiger partial charge on any atom is -0.0651 e. The SMILES string of the molecule is [CH2][C@H](CC)C(C)C. The maximum Gasteiger partial charge on any atom is -0.0394 e. The third-order valence-electron chi connectivity index (χ3n) is 1.47. The van der Waals surface area contributed by atoms with Gasteiger partial charge in [-0.05, 0) is 18.8 Å². The molecule has 0 aliphatic carbocycles. The maximum atomic E-state index is 3.96. The van der Waals surface area contributed by atoms with Gasteiger partial charge in [0.15, 0.2) is 0 Å². The molecule has 0 aliphatic rings. The molecule has 0 heterocycles. The van der Waals surface area contributed by atoms with E-state index in [1.165, 1.54) is 6.42 Å². The summed E-state index contributed by atoms with van der Waals surface area (Å²) in [5.74, 6) is 1.41. The van der Waals surface area contributed by atoms with Crippen LogP contribution in [0.3, 0.4) is 0 Å². The highest BCUT2D eigenvalue weighted by molar-refractivity contribution is 4.61. The Kier molecular flexibility index (Phi) is 3.06. The van der Waals surface area contributed by atoms with Gasteiger partial charge in [0.25, 0.3) is 0 Å². The summed E-state index contributed by atoms with van der Waals surface area (Å²) in [6, 6.07) is 0. The van der Waals surface area contributed by atoms with E-state index in [1.54, 1.807) is 0 Å². The molecule has 0 N–H and O–H groups in total. The molecule has 43 valence electrons. The molecule has 0 fully saturated rings. The second-order valence-corrected chi connectivity index (χ2v) is 2.41. The van der Waals surface area contributed by atoms with Crippen molar-refractivity contribution in [3.8, 4) is 0 Å². The fourth-order valence-corrected chi connectivity index (χ4v) is 0.471. The molecule has 0 amide bonds. The third kappa shape index (κ3) is 2.67. The average molecular weight is 99.2 g/mol. The minimum absolute atomic E-state index is 0.653. The van der Waals surface area contributed by atoms with Crippen LogP contribution in [-0.2, 0) is 0 Å². The minimum atomic E-state index is 0.653. The van der Waals surface area contributed by atoms with E-state index in [0.717, 1.165) is 5.92 Å². The predicted octanol–water partition coefficient (Wildman–Crippen LogP) is 2.50.